The van der Waals surface area contributed by atoms with E-state index in [1.165, 1.54) is 10.9 Å². The molecule has 2 N–H and O–H groups in total. The second-order valence-corrected chi connectivity index (χ2v) is 6.86. The van der Waals surface area contributed by atoms with E-state index in [2.05, 4.69) is 10.4 Å². The van der Waals surface area contributed by atoms with Gasteiger partial charge in [0.05, 0.1) is 30.3 Å². The Morgan fingerprint density at radius 2 is 2.25 bits per heavy atom. The van der Waals surface area contributed by atoms with E-state index in [1.807, 2.05) is 0 Å². The fraction of sp³-hybridized carbons (Fsp3) is 0.450. The van der Waals surface area contributed by atoms with Crippen LogP contribution in [-0.4, -0.2) is 52.2 Å². The van der Waals surface area contributed by atoms with Crippen molar-refractivity contribution in [3.05, 3.63) is 41.7 Å². The summed E-state index contributed by atoms with van der Waals surface area (Å²) in [4.78, 5) is 23.6. The van der Waals surface area contributed by atoms with Crippen LogP contribution in [0.3, 0.4) is 0 Å². The molecule has 1 fully saturated rings. The summed E-state index contributed by atoms with van der Waals surface area (Å²) in [6, 6.07) is 7.06. The van der Waals surface area contributed by atoms with Gasteiger partial charge in [-0.1, -0.05) is 6.07 Å². The van der Waals surface area contributed by atoms with Gasteiger partial charge in [-0.3, -0.25) is 4.79 Å². The van der Waals surface area contributed by atoms with Crippen molar-refractivity contribution in [2.24, 2.45) is 0 Å². The molecule has 0 aliphatic carbocycles. The molecule has 1 aliphatic heterocycles. The van der Waals surface area contributed by atoms with E-state index >= 15 is 0 Å². The highest BCUT2D eigenvalue weighted by molar-refractivity contribution is 5.94. The van der Waals surface area contributed by atoms with Gasteiger partial charge in [-0.2, -0.15) is 5.10 Å². The average molecular weight is 387 g/mol. The number of nitrogens with one attached hydrogen (secondary N) is 1. The molecule has 8 heteroatoms. The maximum atomic E-state index is 12.4. The normalized spacial score (nSPS) is 17.9. The Bertz CT molecular complexity index is 842. The monoisotopic (exact) mass is 387 g/mol. The van der Waals surface area contributed by atoms with Crippen molar-refractivity contribution in [1.29, 1.82) is 0 Å². The molecule has 1 saturated heterocycles. The van der Waals surface area contributed by atoms with Gasteiger partial charge in [0.25, 0.3) is 5.91 Å². The molecular formula is C20H25N3O5. The van der Waals surface area contributed by atoms with E-state index in [9.17, 15) is 14.7 Å². The standard InChI is InChI=1S/C20H25N3O5/c1-13-18(20(25)26)11-21-23(13)16-7-5-6-15(10-16)22-19(24)14(2)28-12-17-8-3-4-9-27-17/h5-7,10-11,14,17H,3-4,8-9,12H2,1-2H3,(H,22,24)(H,25,26). The second-order valence-electron chi connectivity index (χ2n) is 6.86. The lowest BCUT2D eigenvalue weighted by Gasteiger charge is -2.24. The number of carbonyl (C=O) groups excluding carboxylic acids is 1. The molecule has 150 valence electrons. The van der Waals surface area contributed by atoms with Gasteiger partial charge in [-0.15, -0.1) is 0 Å². The summed E-state index contributed by atoms with van der Waals surface area (Å²) < 4.78 is 12.8. The summed E-state index contributed by atoms with van der Waals surface area (Å²) >= 11 is 0. The van der Waals surface area contributed by atoms with E-state index in [-0.39, 0.29) is 17.6 Å². The van der Waals surface area contributed by atoms with Gasteiger partial charge in [0, 0.05) is 12.3 Å². The zero-order valence-electron chi connectivity index (χ0n) is 16.1. The van der Waals surface area contributed by atoms with Crippen LogP contribution in [0, 0.1) is 6.92 Å². The third-order valence-electron chi connectivity index (χ3n) is 4.77. The number of carboxylic acids is 1. The quantitative estimate of drug-likeness (QED) is 0.757. The van der Waals surface area contributed by atoms with E-state index in [0.717, 1.165) is 25.9 Å². The predicted molar refractivity (Wildman–Crippen MR) is 103 cm³/mol. The highest BCUT2D eigenvalue weighted by atomic mass is 16.5. The molecular weight excluding hydrogens is 362 g/mol. The lowest BCUT2D eigenvalue weighted by atomic mass is 10.1. The Hall–Kier alpha value is -2.71. The van der Waals surface area contributed by atoms with Crippen LogP contribution < -0.4 is 5.32 Å². The highest BCUT2D eigenvalue weighted by Crippen LogP contribution is 2.19. The third-order valence-corrected chi connectivity index (χ3v) is 4.77. The minimum atomic E-state index is -1.03. The average Bonchev–Trinajstić information content (AvgIpc) is 3.08. The first-order chi connectivity index (χ1) is 13.5. The summed E-state index contributed by atoms with van der Waals surface area (Å²) in [5, 5.41) is 16.1. The number of aromatic carboxylic acids is 1. The number of carbonyl (C=O) groups is 2. The van der Waals surface area contributed by atoms with Crippen molar-refractivity contribution in [3.63, 3.8) is 0 Å². The Kier molecular flexibility index (Phi) is 6.43. The molecule has 0 bridgehead atoms. The van der Waals surface area contributed by atoms with Crippen LogP contribution in [0.2, 0.25) is 0 Å². The number of ether oxygens (including phenoxy) is 2. The molecule has 0 radical (unpaired) electrons. The molecule has 1 aliphatic rings. The molecule has 1 aromatic carbocycles. The van der Waals surface area contributed by atoms with E-state index in [1.54, 1.807) is 38.1 Å². The van der Waals surface area contributed by atoms with Crippen LogP contribution in [0.1, 0.15) is 42.2 Å². The minimum Gasteiger partial charge on any atom is -0.478 e. The molecule has 0 saturated carbocycles. The number of aromatic nitrogens is 2. The first-order valence-corrected chi connectivity index (χ1v) is 9.38. The van der Waals surface area contributed by atoms with Gasteiger partial charge >= 0.3 is 5.97 Å². The molecule has 8 nitrogen and oxygen atoms in total. The highest BCUT2D eigenvalue weighted by Gasteiger charge is 2.19. The summed E-state index contributed by atoms with van der Waals surface area (Å²) in [5.41, 5.74) is 1.90. The van der Waals surface area contributed by atoms with E-state index in [0.29, 0.717) is 23.7 Å². The van der Waals surface area contributed by atoms with Gasteiger partial charge in [0.1, 0.15) is 11.7 Å². The van der Waals surface area contributed by atoms with Gasteiger partial charge in [-0.05, 0) is 51.3 Å². The largest absolute Gasteiger partial charge is 0.478 e. The summed E-state index contributed by atoms with van der Waals surface area (Å²) in [6.07, 6.45) is 3.91. The Balaban J connectivity index is 1.62. The van der Waals surface area contributed by atoms with E-state index in [4.69, 9.17) is 9.47 Å². The number of nitrogens with zero attached hydrogens (tertiary/aromatic N) is 2. The molecule has 2 unspecified atom stereocenters. The second kappa shape index (κ2) is 8.99. The number of rotatable bonds is 7. The van der Waals surface area contributed by atoms with Gasteiger partial charge in [-0.25, -0.2) is 9.48 Å². The van der Waals surface area contributed by atoms with Gasteiger partial charge in [0.2, 0.25) is 0 Å². The predicted octanol–water partition coefficient (Wildman–Crippen LogP) is 2.79. The first-order valence-electron chi connectivity index (χ1n) is 9.38. The molecule has 2 heterocycles. The Morgan fingerprint density at radius 1 is 1.43 bits per heavy atom. The van der Waals surface area contributed by atoms with Crippen LogP contribution in [0.5, 0.6) is 0 Å². The van der Waals surface area contributed by atoms with Crippen molar-refractivity contribution in [3.8, 4) is 5.69 Å². The topological polar surface area (TPSA) is 103 Å². The van der Waals surface area contributed by atoms with E-state index < -0.39 is 12.1 Å². The molecule has 0 spiro atoms. The molecule has 1 aromatic heterocycles. The fourth-order valence-electron chi connectivity index (χ4n) is 3.11. The summed E-state index contributed by atoms with van der Waals surface area (Å²) in [5.74, 6) is -1.28. The van der Waals surface area contributed by atoms with Crippen LogP contribution in [-0.2, 0) is 14.3 Å². The van der Waals surface area contributed by atoms with Crippen molar-refractivity contribution >= 4 is 17.6 Å². The molecule has 2 aromatic rings. The molecule has 3 rings (SSSR count). The first kappa shape index (κ1) is 20.0. The minimum absolute atomic E-state index is 0.0542. The molecule has 1 amide bonds. The number of carboxylic acid groups (broad SMARTS) is 1. The maximum absolute atomic E-state index is 12.4. The molecule has 28 heavy (non-hydrogen) atoms. The summed E-state index contributed by atoms with van der Waals surface area (Å²) in [7, 11) is 0. The Labute approximate surface area is 163 Å². The van der Waals surface area contributed by atoms with Crippen molar-refractivity contribution in [2.45, 2.75) is 45.3 Å². The zero-order chi connectivity index (χ0) is 20.1. The third kappa shape index (κ3) is 4.76. The van der Waals surface area contributed by atoms with Crippen molar-refractivity contribution in [1.82, 2.24) is 9.78 Å². The maximum Gasteiger partial charge on any atom is 0.339 e. The SMILES string of the molecule is Cc1c(C(=O)O)cnn1-c1cccc(NC(=O)C(C)OCC2CCCCO2)c1. The molecule has 2 atom stereocenters. The lowest BCUT2D eigenvalue weighted by Crippen LogP contribution is -2.32. The summed E-state index contributed by atoms with van der Waals surface area (Å²) in [6.45, 7) is 4.54. The van der Waals surface area contributed by atoms with Crippen LogP contribution in [0.25, 0.3) is 5.69 Å². The Morgan fingerprint density at radius 3 is 2.93 bits per heavy atom. The zero-order valence-corrected chi connectivity index (χ0v) is 16.1. The fourth-order valence-corrected chi connectivity index (χ4v) is 3.11. The van der Waals surface area contributed by atoms with Gasteiger partial charge in [0.15, 0.2) is 0 Å². The van der Waals surface area contributed by atoms with Gasteiger partial charge < -0.3 is 19.9 Å². The number of hydrogen-bond acceptors (Lipinski definition) is 5. The lowest BCUT2D eigenvalue weighted by molar-refractivity contribution is -0.130. The van der Waals surface area contributed by atoms with Crippen LogP contribution in [0.15, 0.2) is 30.5 Å². The van der Waals surface area contributed by atoms with Crippen molar-refractivity contribution < 1.29 is 24.2 Å². The number of hydrogen-bond donors (Lipinski definition) is 2. The van der Waals surface area contributed by atoms with Crippen LogP contribution in [0.4, 0.5) is 5.69 Å². The number of amides is 1. The smallest absolute Gasteiger partial charge is 0.339 e. The number of benzene rings is 1. The van der Waals surface area contributed by atoms with Crippen molar-refractivity contribution in [2.75, 3.05) is 18.5 Å². The van der Waals surface area contributed by atoms with Crippen LogP contribution >= 0.6 is 0 Å². The number of anilines is 1.